The second-order valence-corrected chi connectivity index (χ2v) is 6.57. The number of sulfonamides is 1. The minimum absolute atomic E-state index is 0.205. The maximum atomic E-state index is 11.4. The second kappa shape index (κ2) is 4.74. The van der Waals surface area contributed by atoms with E-state index in [0.29, 0.717) is 25.9 Å². The van der Waals surface area contributed by atoms with E-state index in [2.05, 4.69) is 4.98 Å². The number of nitrogens with zero attached hydrogens (tertiary/aromatic N) is 1. The number of carboxylic acid groups (broad SMARTS) is 1. The summed E-state index contributed by atoms with van der Waals surface area (Å²) in [5, 5.41) is 8.84. The van der Waals surface area contributed by atoms with Crippen molar-refractivity contribution in [2.24, 2.45) is 0 Å². The molecular weight excluding hydrogens is 256 g/mol. The third-order valence-corrected chi connectivity index (χ3v) is 4.62. The molecule has 0 atom stereocenters. The van der Waals surface area contributed by atoms with Crippen LogP contribution < -0.4 is 0 Å². The minimum atomic E-state index is -3.11. The summed E-state index contributed by atoms with van der Waals surface area (Å²) in [6.07, 6.45) is 4.12. The van der Waals surface area contributed by atoms with E-state index in [1.54, 1.807) is 6.07 Å². The molecule has 1 aromatic heterocycles. The molecule has 1 aromatic rings. The van der Waals surface area contributed by atoms with Gasteiger partial charge < -0.3 is 10.1 Å². The first-order valence-electron chi connectivity index (χ1n) is 5.74. The van der Waals surface area contributed by atoms with Gasteiger partial charge in [0.05, 0.1) is 11.8 Å². The van der Waals surface area contributed by atoms with Gasteiger partial charge in [-0.1, -0.05) is 0 Å². The van der Waals surface area contributed by atoms with Crippen molar-refractivity contribution in [3.05, 3.63) is 23.5 Å². The molecule has 1 fully saturated rings. The van der Waals surface area contributed by atoms with Gasteiger partial charge >= 0.3 is 5.97 Å². The zero-order valence-corrected chi connectivity index (χ0v) is 10.9. The van der Waals surface area contributed by atoms with E-state index in [0.717, 1.165) is 5.69 Å². The van der Waals surface area contributed by atoms with Crippen molar-refractivity contribution in [2.75, 3.05) is 19.3 Å². The standard InChI is InChI=1S/C11H16N2O4S/c1-18(16,17)13-4-2-8(3-5-13)10-6-9(7-12-10)11(14)15/h6-8,12H,2-5H2,1H3,(H,14,15). The van der Waals surface area contributed by atoms with Crippen molar-refractivity contribution in [3.63, 3.8) is 0 Å². The number of carbonyl (C=O) groups is 1. The van der Waals surface area contributed by atoms with Crippen LogP contribution >= 0.6 is 0 Å². The Bertz CT molecular complexity index is 541. The summed E-state index contributed by atoms with van der Waals surface area (Å²) in [6.45, 7) is 0.982. The van der Waals surface area contributed by atoms with Crippen LogP contribution in [-0.4, -0.2) is 48.1 Å². The van der Waals surface area contributed by atoms with E-state index in [-0.39, 0.29) is 11.5 Å². The number of aromatic nitrogens is 1. The lowest BCUT2D eigenvalue weighted by molar-refractivity contribution is 0.0697. The van der Waals surface area contributed by atoms with Crippen molar-refractivity contribution in [1.29, 1.82) is 0 Å². The fourth-order valence-corrected chi connectivity index (χ4v) is 3.14. The normalized spacial score (nSPS) is 18.9. The average molecular weight is 272 g/mol. The third kappa shape index (κ3) is 2.73. The molecule has 0 spiro atoms. The minimum Gasteiger partial charge on any atom is -0.478 e. The van der Waals surface area contributed by atoms with Gasteiger partial charge in [-0.05, 0) is 18.9 Å². The number of H-pyrrole nitrogens is 1. The molecule has 2 N–H and O–H groups in total. The van der Waals surface area contributed by atoms with Crippen LogP contribution in [0.25, 0.3) is 0 Å². The van der Waals surface area contributed by atoms with Gasteiger partial charge in [0.25, 0.3) is 0 Å². The highest BCUT2D eigenvalue weighted by atomic mass is 32.2. The maximum Gasteiger partial charge on any atom is 0.337 e. The molecule has 0 amide bonds. The van der Waals surface area contributed by atoms with Crippen LogP contribution in [-0.2, 0) is 10.0 Å². The Labute approximate surface area is 106 Å². The summed E-state index contributed by atoms with van der Waals surface area (Å²) in [7, 11) is -3.11. The van der Waals surface area contributed by atoms with E-state index in [9.17, 15) is 13.2 Å². The number of nitrogens with one attached hydrogen (secondary N) is 1. The van der Waals surface area contributed by atoms with Crippen molar-refractivity contribution in [2.45, 2.75) is 18.8 Å². The summed E-state index contributed by atoms with van der Waals surface area (Å²) in [5.74, 6) is -0.748. The Morgan fingerprint density at radius 3 is 2.50 bits per heavy atom. The maximum absolute atomic E-state index is 11.4. The van der Waals surface area contributed by atoms with Crippen LogP contribution in [0.4, 0.5) is 0 Å². The number of hydrogen-bond donors (Lipinski definition) is 2. The molecule has 7 heteroatoms. The van der Waals surface area contributed by atoms with Crippen LogP contribution in [0, 0.1) is 0 Å². The summed E-state index contributed by atoms with van der Waals surface area (Å²) in [4.78, 5) is 13.7. The monoisotopic (exact) mass is 272 g/mol. The molecule has 0 aliphatic carbocycles. The van der Waals surface area contributed by atoms with Crippen LogP contribution in [0.5, 0.6) is 0 Å². The van der Waals surface area contributed by atoms with E-state index in [4.69, 9.17) is 5.11 Å². The Morgan fingerprint density at radius 1 is 1.44 bits per heavy atom. The van der Waals surface area contributed by atoms with Gasteiger partial charge in [-0.15, -0.1) is 0 Å². The van der Waals surface area contributed by atoms with Gasteiger partial charge in [-0.25, -0.2) is 17.5 Å². The van der Waals surface area contributed by atoms with Crippen molar-refractivity contribution in [1.82, 2.24) is 9.29 Å². The summed E-state index contributed by atoms with van der Waals surface area (Å²) in [5.41, 5.74) is 1.12. The molecule has 0 saturated carbocycles. The van der Waals surface area contributed by atoms with Crippen LogP contribution in [0.1, 0.15) is 34.8 Å². The molecule has 0 unspecified atom stereocenters. The number of carboxylic acids is 1. The SMILES string of the molecule is CS(=O)(=O)N1CCC(c2cc(C(=O)O)c[nH]2)CC1. The number of aromatic carboxylic acids is 1. The molecule has 2 heterocycles. The van der Waals surface area contributed by atoms with Crippen molar-refractivity contribution >= 4 is 16.0 Å². The molecule has 0 radical (unpaired) electrons. The zero-order chi connectivity index (χ0) is 13.3. The predicted molar refractivity (Wildman–Crippen MR) is 66.1 cm³/mol. The highest BCUT2D eigenvalue weighted by Gasteiger charge is 2.26. The zero-order valence-electron chi connectivity index (χ0n) is 10.1. The lowest BCUT2D eigenvalue weighted by Crippen LogP contribution is -2.37. The molecule has 6 nitrogen and oxygen atoms in total. The number of piperidine rings is 1. The Hall–Kier alpha value is -1.34. The Morgan fingerprint density at radius 2 is 2.06 bits per heavy atom. The van der Waals surface area contributed by atoms with Crippen LogP contribution in [0.3, 0.4) is 0 Å². The molecule has 0 bridgehead atoms. The van der Waals surface area contributed by atoms with E-state index < -0.39 is 16.0 Å². The van der Waals surface area contributed by atoms with E-state index in [1.165, 1.54) is 16.8 Å². The van der Waals surface area contributed by atoms with Crippen molar-refractivity contribution in [3.8, 4) is 0 Å². The Balaban J connectivity index is 2.03. The smallest absolute Gasteiger partial charge is 0.337 e. The summed E-state index contributed by atoms with van der Waals surface area (Å²) >= 11 is 0. The van der Waals surface area contributed by atoms with Crippen molar-refractivity contribution < 1.29 is 18.3 Å². The predicted octanol–water partition coefficient (Wildman–Crippen LogP) is 0.852. The molecule has 1 saturated heterocycles. The fourth-order valence-electron chi connectivity index (χ4n) is 2.27. The molecule has 1 aliphatic rings. The molecule has 0 aromatic carbocycles. The largest absolute Gasteiger partial charge is 0.478 e. The molecule has 2 rings (SSSR count). The first-order valence-corrected chi connectivity index (χ1v) is 7.59. The van der Waals surface area contributed by atoms with Gasteiger partial charge in [-0.2, -0.15) is 0 Å². The molecule has 1 aliphatic heterocycles. The highest BCUT2D eigenvalue weighted by molar-refractivity contribution is 7.88. The lowest BCUT2D eigenvalue weighted by atomic mass is 9.94. The molecule has 100 valence electrons. The number of aromatic amines is 1. The van der Waals surface area contributed by atoms with Gasteiger partial charge in [-0.3, -0.25) is 0 Å². The van der Waals surface area contributed by atoms with Crippen LogP contribution in [0.2, 0.25) is 0 Å². The van der Waals surface area contributed by atoms with Gasteiger partial charge in [0, 0.05) is 30.9 Å². The first-order chi connectivity index (χ1) is 8.38. The topological polar surface area (TPSA) is 90.5 Å². The fraction of sp³-hybridized carbons (Fsp3) is 0.545. The van der Waals surface area contributed by atoms with Gasteiger partial charge in [0.15, 0.2) is 0 Å². The van der Waals surface area contributed by atoms with E-state index in [1.807, 2.05) is 0 Å². The summed E-state index contributed by atoms with van der Waals surface area (Å²) in [6, 6.07) is 1.63. The first kappa shape index (κ1) is 13.1. The van der Waals surface area contributed by atoms with Crippen LogP contribution in [0.15, 0.2) is 12.3 Å². The van der Waals surface area contributed by atoms with Gasteiger partial charge in [0.2, 0.25) is 10.0 Å². The second-order valence-electron chi connectivity index (χ2n) is 4.59. The number of rotatable bonds is 3. The highest BCUT2D eigenvalue weighted by Crippen LogP contribution is 2.28. The summed E-state index contributed by atoms with van der Waals surface area (Å²) < 4.78 is 24.2. The molecule has 18 heavy (non-hydrogen) atoms. The third-order valence-electron chi connectivity index (χ3n) is 3.32. The Kier molecular flexibility index (Phi) is 3.45. The number of hydrogen-bond acceptors (Lipinski definition) is 3. The van der Waals surface area contributed by atoms with E-state index >= 15 is 0 Å². The van der Waals surface area contributed by atoms with Gasteiger partial charge in [0.1, 0.15) is 0 Å². The average Bonchev–Trinajstić information content (AvgIpc) is 2.77. The quantitative estimate of drug-likeness (QED) is 0.853. The lowest BCUT2D eigenvalue weighted by Gasteiger charge is -2.29. The molecular formula is C11H16N2O4S.